The summed E-state index contributed by atoms with van der Waals surface area (Å²) in [7, 11) is 0. The number of nitrogens with two attached hydrogens (primary N) is 1. The Morgan fingerprint density at radius 2 is 2.33 bits per heavy atom. The van der Waals surface area contributed by atoms with Gasteiger partial charge in [0.2, 0.25) is 0 Å². The van der Waals surface area contributed by atoms with E-state index in [0.717, 1.165) is 12.6 Å². The van der Waals surface area contributed by atoms with Gasteiger partial charge in [0.25, 0.3) is 0 Å². The van der Waals surface area contributed by atoms with Crippen molar-refractivity contribution in [1.82, 2.24) is 5.32 Å². The minimum absolute atomic E-state index is 0.410. The van der Waals surface area contributed by atoms with Gasteiger partial charge in [0.1, 0.15) is 0 Å². The maximum absolute atomic E-state index is 5.69. The molecule has 3 N–H and O–H groups in total. The molecule has 54 valence electrons. The van der Waals surface area contributed by atoms with Crippen LogP contribution in [-0.2, 0) is 0 Å². The van der Waals surface area contributed by atoms with E-state index >= 15 is 0 Å². The Kier molecular flexibility index (Phi) is 2.49. The zero-order valence-electron chi connectivity index (χ0n) is 6.06. The molecule has 0 saturated carbocycles. The van der Waals surface area contributed by atoms with Crippen LogP contribution in [0.15, 0.2) is 0 Å². The molecule has 1 aliphatic rings. The van der Waals surface area contributed by atoms with Gasteiger partial charge in [0.05, 0.1) is 0 Å². The summed E-state index contributed by atoms with van der Waals surface area (Å²) in [5.41, 5.74) is 5.69. The molecule has 1 aliphatic heterocycles. The third kappa shape index (κ3) is 1.95. The molecule has 2 nitrogen and oxygen atoms in total. The molecule has 0 amide bonds. The van der Waals surface area contributed by atoms with Crippen LogP contribution in [0.2, 0.25) is 0 Å². The van der Waals surface area contributed by atoms with Gasteiger partial charge < -0.3 is 11.1 Å². The molecule has 0 radical (unpaired) electrons. The molecule has 2 heteroatoms. The first-order valence-electron chi connectivity index (χ1n) is 3.82. The van der Waals surface area contributed by atoms with Crippen LogP contribution >= 0.6 is 0 Å². The van der Waals surface area contributed by atoms with Gasteiger partial charge in [0.15, 0.2) is 0 Å². The van der Waals surface area contributed by atoms with Crippen LogP contribution in [0.4, 0.5) is 0 Å². The topological polar surface area (TPSA) is 38.0 Å². The second-order valence-corrected chi connectivity index (χ2v) is 2.85. The Bertz CT molecular complexity index is 75.0. The maximum Gasteiger partial charge on any atom is 0.0165 e. The summed E-state index contributed by atoms with van der Waals surface area (Å²) in [6.45, 7) is 3.23. The first kappa shape index (κ1) is 7.03. The molecule has 0 aromatic carbocycles. The van der Waals surface area contributed by atoms with Crippen LogP contribution in [0.1, 0.15) is 26.2 Å². The van der Waals surface area contributed by atoms with E-state index < -0.39 is 0 Å². The summed E-state index contributed by atoms with van der Waals surface area (Å²) >= 11 is 0. The monoisotopic (exact) mass is 128 g/mol. The Morgan fingerprint density at radius 3 is 2.78 bits per heavy atom. The molecule has 0 bridgehead atoms. The first-order chi connectivity index (χ1) is 4.33. The van der Waals surface area contributed by atoms with E-state index in [1.54, 1.807) is 0 Å². The zero-order valence-corrected chi connectivity index (χ0v) is 6.06. The molecular formula is C7H16N2. The summed E-state index contributed by atoms with van der Waals surface area (Å²) in [6.07, 6.45) is 3.70. The van der Waals surface area contributed by atoms with Crippen LogP contribution in [0.25, 0.3) is 0 Å². The predicted octanol–water partition coefficient (Wildman–Crippen LogP) is 0.476. The first-order valence-corrected chi connectivity index (χ1v) is 3.82. The van der Waals surface area contributed by atoms with Gasteiger partial charge in [-0.25, -0.2) is 0 Å². The summed E-state index contributed by atoms with van der Waals surface area (Å²) in [6, 6.07) is 1.15. The zero-order chi connectivity index (χ0) is 6.69. The van der Waals surface area contributed by atoms with Crippen molar-refractivity contribution in [2.45, 2.75) is 38.3 Å². The van der Waals surface area contributed by atoms with Gasteiger partial charge in [-0.05, 0) is 19.3 Å². The van der Waals surface area contributed by atoms with Gasteiger partial charge >= 0.3 is 0 Å². The van der Waals surface area contributed by atoms with Crippen molar-refractivity contribution in [1.29, 1.82) is 0 Å². The molecule has 2 atom stereocenters. The highest BCUT2D eigenvalue weighted by atomic mass is 15.0. The van der Waals surface area contributed by atoms with Crippen molar-refractivity contribution in [3.05, 3.63) is 0 Å². The van der Waals surface area contributed by atoms with Gasteiger partial charge in [0, 0.05) is 18.6 Å². The molecule has 0 spiro atoms. The van der Waals surface area contributed by atoms with Crippen LogP contribution < -0.4 is 11.1 Å². The van der Waals surface area contributed by atoms with E-state index in [1.807, 2.05) is 0 Å². The number of rotatable bonds is 1. The fourth-order valence-electron chi connectivity index (χ4n) is 1.29. The number of hydrogen-bond donors (Lipinski definition) is 2. The molecule has 0 aromatic heterocycles. The summed E-state index contributed by atoms with van der Waals surface area (Å²) in [5.74, 6) is 0. The smallest absolute Gasteiger partial charge is 0.0165 e. The number of nitrogens with one attached hydrogen (secondary N) is 1. The number of piperidine rings is 1. The molecule has 1 saturated heterocycles. The van der Waals surface area contributed by atoms with Gasteiger partial charge in [-0.15, -0.1) is 0 Å². The quantitative estimate of drug-likeness (QED) is 0.539. The van der Waals surface area contributed by atoms with Crippen molar-refractivity contribution in [2.24, 2.45) is 5.73 Å². The average Bonchev–Trinajstić information content (AvgIpc) is 1.90. The molecule has 0 aliphatic carbocycles. The fourth-order valence-corrected chi connectivity index (χ4v) is 1.29. The van der Waals surface area contributed by atoms with Crippen LogP contribution in [0.5, 0.6) is 0 Å². The van der Waals surface area contributed by atoms with Crippen molar-refractivity contribution < 1.29 is 0 Å². The highest BCUT2D eigenvalue weighted by molar-refractivity contribution is 4.78. The van der Waals surface area contributed by atoms with E-state index in [2.05, 4.69) is 12.2 Å². The second-order valence-electron chi connectivity index (χ2n) is 2.85. The summed E-state index contributed by atoms with van der Waals surface area (Å²) in [4.78, 5) is 0. The lowest BCUT2D eigenvalue weighted by atomic mass is 10.00. The van der Waals surface area contributed by atoms with Crippen molar-refractivity contribution in [2.75, 3.05) is 6.54 Å². The van der Waals surface area contributed by atoms with Crippen LogP contribution in [0, 0.1) is 0 Å². The maximum atomic E-state index is 5.69. The molecule has 2 unspecified atom stereocenters. The SMILES string of the molecule is CCC1CCC(N)CN1. The van der Waals surface area contributed by atoms with Crippen molar-refractivity contribution in [3.63, 3.8) is 0 Å². The molecule has 9 heavy (non-hydrogen) atoms. The van der Waals surface area contributed by atoms with Crippen molar-refractivity contribution >= 4 is 0 Å². The fraction of sp³-hybridized carbons (Fsp3) is 1.00. The lowest BCUT2D eigenvalue weighted by Crippen LogP contribution is -2.44. The van der Waals surface area contributed by atoms with E-state index in [9.17, 15) is 0 Å². The minimum atomic E-state index is 0.410. The third-order valence-corrected chi connectivity index (χ3v) is 2.05. The molecule has 1 heterocycles. The average molecular weight is 128 g/mol. The largest absolute Gasteiger partial charge is 0.327 e. The van der Waals surface area contributed by atoms with Gasteiger partial charge in [-0.2, -0.15) is 0 Å². The summed E-state index contributed by atoms with van der Waals surface area (Å²) < 4.78 is 0. The third-order valence-electron chi connectivity index (χ3n) is 2.05. The summed E-state index contributed by atoms with van der Waals surface area (Å²) in [5, 5.41) is 3.39. The Hall–Kier alpha value is -0.0800. The number of hydrogen-bond acceptors (Lipinski definition) is 2. The van der Waals surface area contributed by atoms with E-state index in [-0.39, 0.29) is 0 Å². The Balaban J connectivity index is 2.18. The standard InChI is InChI=1S/C7H16N2/c1-2-7-4-3-6(8)5-9-7/h6-7,9H,2-5,8H2,1H3. The van der Waals surface area contributed by atoms with Gasteiger partial charge in [-0.1, -0.05) is 6.92 Å². The second kappa shape index (κ2) is 3.18. The highest BCUT2D eigenvalue weighted by Crippen LogP contribution is 2.08. The van der Waals surface area contributed by atoms with E-state index in [4.69, 9.17) is 5.73 Å². The Labute approximate surface area is 56.8 Å². The highest BCUT2D eigenvalue weighted by Gasteiger charge is 2.14. The molecular weight excluding hydrogens is 112 g/mol. The Morgan fingerprint density at radius 1 is 1.56 bits per heavy atom. The van der Waals surface area contributed by atoms with Crippen LogP contribution in [0.3, 0.4) is 0 Å². The normalized spacial score (nSPS) is 36.7. The minimum Gasteiger partial charge on any atom is -0.327 e. The van der Waals surface area contributed by atoms with E-state index in [1.165, 1.54) is 19.3 Å². The van der Waals surface area contributed by atoms with Crippen LogP contribution in [-0.4, -0.2) is 18.6 Å². The lowest BCUT2D eigenvalue weighted by Gasteiger charge is -2.26. The van der Waals surface area contributed by atoms with E-state index in [0.29, 0.717) is 6.04 Å². The molecule has 0 aromatic rings. The molecule has 1 rings (SSSR count). The molecule has 1 fully saturated rings. The van der Waals surface area contributed by atoms with Gasteiger partial charge in [-0.3, -0.25) is 0 Å². The van der Waals surface area contributed by atoms with Crippen molar-refractivity contribution in [3.8, 4) is 0 Å². The predicted molar refractivity (Wildman–Crippen MR) is 39.3 cm³/mol. The lowest BCUT2D eigenvalue weighted by molar-refractivity contribution is 0.359.